The Labute approximate surface area is 183 Å². The van der Waals surface area contributed by atoms with Crippen molar-refractivity contribution in [3.63, 3.8) is 0 Å². The van der Waals surface area contributed by atoms with Crippen LogP contribution in [0.15, 0.2) is 66.9 Å². The summed E-state index contributed by atoms with van der Waals surface area (Å²) in [4.78, 5) is 16.6. The van der Waals surface area contributed by atoms with Crippen molar-refractivity contribution in [1.29, 1.82) is 5.26 Å². The summed E-state index contributed by atoms with van der Waals surface area (Å²) in [6, 6.07) is 18.8. The van der Waals surface area contributed by atoms with E-state index < -0.39 is 17.9 Å². The van der Waals surface area contributed by atoms with Crippen molar-refractivity contribution in [2.45, 2.75) is 18.8 Å². The number of aromatic nitrogens is 2. The molecule has 0 spiro atoms. The summed E-state index contributed by atoms with van der Waals surface area (Å²) in [6.07, 6.45) is -3.29. The van der Waals surface area contributed by atoms with Crippen LogP contribution in [0.3, 0.4) is 0 Å². The number of carbonyl (C=O) groups excluding carboxylic acids is 1. The van der Waals surface area contributed by atoms with Gasteiger partial charge >= 0.3 is 6.18 Å². The summed E-state index contributed by atoms with van der Waals surface area (Å²) < 4.78 is 39.4. The van der Waals surface area contributed by atoms with Crippen LogP contribution >= 0.6 is 0 Å². The lowest BCUT2D eigenvalue weighted by Gasteiger charge is -2.38. The highest BCUT2D eigenvalue weighted by Crippen LogP contribution is 2.28. The second-order valence-corrected chi connectivity index (χ2v) is 7.54. The minimum atomic E-state index is -4.51. The number of nitrogens with zero attached hydrogens (tertiary/aromatic N) is 5. The van der Waals surface area contributed by atoms with Crippen molar-refractivity contribution in [3.05, 3.63) is 83.7 Å². The number of carbonyl (C=O) groups is 1. The molecule has 6 nitrogen and oxygen atoms in total. The number of halogens is 3. The van der Waals surface area contributed by atoms with Crippen LogP contribution in [-0.2, 0) is 12.7 Å². The zero-order valence-corrected chi connectivity index (χ0v) is 17.0. The van der Waals surface area contributed by atoms with Crippen molar-refractivity contribution >= 4 is 5.91 Å². The van der Waals surface area contributed by atoms with E-state index in [1.165, 1.54) is 6.20 Å². The molecule has 2 aromatic carbocycles. The van der Waals surface area contributed by atoms with Gasteiger partial charge in [0.2, 0.25) is 0 Å². The molecular weight excluding hydrogens is 419 g/mol. The molecule has 4 rings (SSSR count). The molecule has 0 radical (unpaired) electrons. The van der Waals surface area contributed by atoms with Crippen molar-refractivity contribution < 1.29 is 18.0 Å². The molecule has 3 aromatic rings. The number of amides is 1. The summed E-state index contributed by atoms with van der Waals surface area (Å²) in [5.41, 5.74) is 0.953. The van der Waals surface area contributed by atoms with Crippen molar-refractivity contribution in [1.82, 2.24) is 19.6 Å². The SMILES string of the molecule is N#CC1CN(C(=O)c2ccc(-n3ccc(C(F)(F)F)n3)cc2)CCN1Cc1ccccc1. The highest BCUT2D eigenvalue weighted by atomic mass is 19.4. The first kappa shape index (κ1) is 21.6. The van der Waals surface area contributed by atoms with Gasteiger partial charge < -0.3 is 4.90 Å². The first-order chi connectivity index (χ1) is 15.3. The summed E-state index contributed by atoms with van der Waals surface area (Å²) in [5, 5.41) is 13.1. The molecule has 164 valence electrons. The first-order valence-electron chi connectivity index (χ1n) is 10.1. The molecule has 1 atom stereocenters. The van der Waals surface area contributed by atoms with Gasteiger partial charge in [0.05, 0.1) is 11.8 Å². The van der Waals surface area contributed by atoms with E-state index in [1.807, 2.05) is 30.3 Å². The average molecular weight is 439 g/mol. The Morgan fingerprint density at radius 1 is 1.06 bits per heavy atom. The van der Waals surface area contributed by atoms with Gasteiger partial charge in [0.1, 0.15) is 6.04 Å². The molecule has 2 heterocycles. The number of hydrogen-bond acceptors (Lipinski definition) is 4. The van der Waals surface area contributed by atoms with Gasteiger partial charge in [-0.25, -0.2) is 4.68 Å². The number of nitriles is 1. The van der Waals surface area contributed by atoms with Crippen LogP contribution in [-0.4, -0.2) is 51.2 Å². The summed E-state index contributed by atoms with van der Waals surface area (Å²) in [5.74, 6) is -0.215. The second-order valence-electron chi connectivity index (χ2n) is 7.54. The van der Waals surface area contributed by atoms with Gasteiger partial charge in [0.15, 0.2) is 5.69 Å². The van der Waals surface area contributed by atoms with Gasteiger partial charge in [-0.1, -0.05) is 30.3 Å². The third kappa shape index (κ3) is 4.65. The highest BCUT2D eigenvalue weighted by Gasteiger charge is 2.34. The topological polar surface area (TPSA) is 65.2 Å². The maximum atomic E-state index is 12.9. The maximum absolute atomic E-state index is 12.9. The van der Waals surface area contributed by atoms with Crippen LogP contribution in [0.5, 0.6) is 0 Å². The number of hydrogen-bond donors (Lipinski definition) is 0. The van der Waals surface area contributed by atoms with Gasteiger partial charge in [0.25, 0.3) is 5.91 Å². The van der Waals surface area contributed by atoms with E-state index in [1.54, 1.807) is 29.2 Å². The fourth-order valence-corrected chi connectivity index (χ4v) is 3.69. The summed E-state index contributed by atoms with van der Waals surface area (Å²) in [6.45, 7) is 1.99. The summed E-state index contributed by atoms with van der Waals surface area (Å²) >= 11 is 0. The van der Waals surface area contributed by atoms with Gasteiger partial charge in [-0.3, -0.25) is 9.69 Å². The molecule has 9 heteroatoms. The number of alkyl halides is 3. The molecule has 32 heavy (non-hydrogen) atoms. The molecule has 1 saturated heterocycles. The van der Waals surface area contributed by atoms with E-state index in [9.17, 15) is 23.2 Å². The zero-order chi connectivity index (χ0) is 22.7. The lowest BCUT2D eigenvalue weighted by molar-refractivity contribution is -0.141. The fraction of sp³-hybridized carbons (Fsp3) is 0.261. The Morgan fingerprint density at radius 3 is 2.41 bits per heavy atom. The average Bonchev–Trinajstić information content (AvgIpc) is 3.31. The lowest BCUT2D eigenvalue weighted by atomic mass is 10.1. The van der Waals surface area contributed by atoms with E-state index in [0.717, 1.165) is 16.3 Å². The second kappa shape index (κ2) is 8.85. The van der Waals surface area contributed by atoms with Gasteiger partial charge in [-0.2, -0.15) is 23.5 Å². The smallest absolute Gasteiger partial charge is 0.335 e. The van der Waals surface area contributed by atoms with Crippen LogP contribution in [0, 0.1) is 11.3 Å². The van der Waals surface area contributed by atoms with E-state index in [4.69, 9.17) is 0 Å². The Morgan fingerprint density at radius 2 is 1.78 bits per heavy atom. The first-order valence-corrected chi connectivity index (χ1v) is 10.1. The van der Waals surface area contributed by atoms with E-state index in [0.29, 0.717) is 30.9 Å². The normalized spacial score (nSPS) is 17.2. The number of rotatable bonds is 4. The monoisotopic (exact) mass is 439 g/mol. The lowest BCUT2D eigenvalue weighted by Crippen LogP contribution is -2.53. The number of benzene rings is 2. The Balaban J connectivity index is 1.42. The Bertz CT molecular complexity index is 1120. The van der Waals surface area contributed by atoms with E-state index in [2.05, 4.69) is 16.1 Å². The molecule has 0 saturated carbocycles. The molecule has 1 aliphatic heterocycles. The summed E-state index contributed by atoms with van der Waals surface area (Å²) in [7, 11) is 0. The third-order valence-electron chi connectivity index (χ3n) is 5.41. The van der Waals surface area contributed by atoms with Gasteiger partial charge in [-0.15, -0.1) is 0 Å². The Hall–Kier alpha value is -3.64. The molecule has 0 N–H and O–H groups in total. The predicted octanol–water partition coefficient (Wildman–Crippen LogP) is 3.74. The van der Waals surface area contributed by atoms with Crippen LogP contribution in [0.2, 0.25) is 0 Å². The predicted molar refractivity (Wildman–Crippen MR) is 111 cm³/mol. The van der Waals surface area contributed by atoms with E-state index in [-0.39, 0.29) is 12.5 Å². The van der Waals surface area contributed by atoms with Crippen molar-refractivity contribution in [2.75, 3.05) is 19.6 Å². The van der Waals surface area contributed by atoms with Crippen molar-refractivity contribution in [2.24, 2.45) is 0 Å². The number of piperazine rings is 1. The maximum Gasteiger partial charge on any atom is 0.435 e. The van der Waals surface area contributed by atoms with Crippen molar-refractivity contribution in [3.8, 4) is 11.8 Å². The molecule has 0 bridgehead atoms. The standard InChI is InChI=1S/C23H20F3N5O/c24-23(25,26)21-10-11-31(28-21)19-8-6-18(7-9-19)22(32)30-13-12-29(20(14-27)16-30)15-17-4-2-1-3-5-17/h1-11,20H,12-13,15-16H2. The molecule has 1 aliphatic rings. The highest BCUT2D eigenvalue weighted by molar-refractivity contribution is 5.94. The molecule has 1 unspecified atom stereocenters. The van der Waals surface area contributed by atoms with Crippen LogP contribution in [0.25, 0.3) is 5.69 Å². The Kier molecular flexibility index (Phi) is 5.97. The third-order valence-corrected chi connectivity index (χ3v) is 5.41. The molecule has 1 fully saturated rings. The minimum absolute atomic E-state index is 0.215. The van der Waals surface area contributed by atoms with Gasteiger partial charge in [0, 0.05) is 37.9 Å². The quantitative estimate of drug-likeness (QED) is 0.621. The molecule has 1 amide bonds. The largest absolute Gasteiger partial charge is 0.435 e. The minimum Gasteiger partial charge on any atom is -0.335 e. The van der Waals surface area contributed by atoms with E-state index >= 15 is 0 Å². The fourth-order valence-electron chi connectivity index (χ4n) is 3.69. The van der Waals surface area contributed by atoms with Crippen LogP contribution < -0.4 is 0 Å². The molecule has 0 aliphatic carbocycles. The van der Waals surface area contributed by atoms with Gasteiger partial charge in [-0.05, 0) is 35.9 Å². The zero-order valence-electron chi connectivity index (χ0n) is 17.0. The molecular formula is C23H20F3N5O. The molecule has 1 aromatic heterocycles. The van der Waals surface area contributed by atoms with Crippen LogP contribution in [0.4, 0.5) is 13.2 Å². The van der Waals surface area contributed by atoms with Crippen LogP contribution in [0.1, 0.15) is 21.6 Å².